The highest BCUT2D eigenvalue weighted by Gasteiger charge is 2.41. The van der Waals surface area contributed by atoms with E-state index in [1.165, 1.54) is 19.6 Å². The number of hydrogen-bond donors (Lipinski definition) is 0. The summed E-state index contributed by atoms with van der Waals surface area (Å²) in [5.41, 5.74) is 0. The first-order valence-electron chi connectivity index (χ1n) is 6.10. The van der Waals surface area contributed by atoms with Crippen LogP contribution >= 0.6 is 7.74 Å². The maximum absolute atomic E-state index is 12.3. The smallest absolute Gasteiger partial charge is 0.294 e. The molecule has 0 aliphatic carbocycles. The topological polar surface area (TPSA) is 40.0 Å². The normalized spacial score (nSPS) is 14.8. The first kappa shape index (κ1) is 23.7. The van der Waals surface area contributed by atoms with Crippen molar-refractivity contribution >= 4 is 16.0 Å². The zero-order chi connectivity index (χ0) is 19.4. The van der Waals surface area contributed by atoms with E-state index in [-0.39, 0.29) is 0 Å². The first-order chi connectivity index (χ1) is 10.3. The molecule has 0 aliphatic rings. The van der Waals surface area contributed by atoms with Gasteiger partial charge in [-0.25, -0.2) is 0 Å². The lowest BCUT2D eigenvalue weighted by molar-refractivity contribution is -0.177. The van der Waals surface area contributed by atoms with Gasteiger partial charge in [-0.3, -0.25) is 18.0 Å². The molecule has 0 fully saturated rings. The predicted molar refractivity (Wildman–Crippen MR) is 68.7 cm³/mol. The van der Waals surface area contributed by atoms with E-state index < -0.39 is 54.3 Å². The van der Waals surface area contributed by atoms with Crippen molar-refractivity contribution in [2.75, 3.05) is 19.8 Å². The molecule has 0 aromatic carbocycles. The van der Waals surface area contributed by atoms with Gasteiger partial charge in [-0.2, -0.15) is 39.5 Å². The second kappa shape index (κ2) is 7.93. The van der Waals surface area contributed by atoms with Gasteiger partial charge >= 0.3 is 26.3 Å². The van der Waals surface area contributed by atoms with E-state index >= 15 is 0 Å². The molecule has 0 rings (SSSR count). The fraction of sp³-hybridized carbons (Fsp3) is 1.00. The molecule has 0 bridgehead atoms. The summed E-state index contributed by atoms with van der Waals surface area (Å²) in [7, 11) is -7.76. The second-order valence-corrected chi connectivity index (χ2v) is 12.3. The Balaban J connectivity index is 5.68. The minimum Gasteiger partial charge on any atom is -0.294 e. The molecule has 0 aromatic heterocycles. The van der Waals surface area contributed by atoms with Crippen LogP contribution in [0.2, 0.25) is 19.6 Å². The van der Waals surface area contributed by atoms with E-state index in [2.05, 4.69) is 18.0 Å². The summed E-state index contributed by atoms with van der Waals surface area (Å²) in [5, 5.41) is 0. The molecule has 146 valence electrons. The van der Waals surface area contributed by atoms with Gasteiger partial charge < -0.3 is 0 Å². The largest absolute Gasteiger partial charge is 0.412 e. The standard InChI is InChI=1S/C9H15F9NO3PSi/c1-24(2,3)19-23(20-4-7(10,11)12,21-5-8(13,14)15)22-6-9(16,17)18/h4-6H2,1-3H3. The Morgan fingerprint density at radius 1 is 0.667 bits per heavy atom. The number of halogens is 9. The minimum atomic E-state index is -5.02. The molecular formula is C9H15F9NO3PSi. The molecule has 0 amide bonds. The Hall–Kier alpha value is -0.303. The van der Waals surface area contributed by atoms with Crippen LogP contribution in [-0.4, -0.2) is 46.6 Å². The molecule has 0 aliphatic heterocycles. The van der Waals surface area contributed by atoms with Crippen LogP contribution in [0.3, 0.4) is 0 Å². The summed E-state index contributed by atoms with van der Waals surface area (Å²) in [5.74, 6) is 0. The summed E-state index contributed by atoms with van der Waals surface area (Å²) >= 11 is 0. The zero-order valence-corrected chi connectivity index (χ0v) is 14.5. The number of alkyl halides is 9. The quantitative estimate of drug-likeness (QED) is 0.313. The van der Waals surface area contributed by atoms with Gasteiger partial charge in [0.1, 0.15) is 0 Å². The molecule has 24 heavy (non-hydrogen) atoms. The predicted octanol–water partition coefficient (Wildman–Crippen LogP) is 5.50. The highest BCUT2D eigenvalue weighted by molar-refractivity contribution is 7.52. The maximum Gasteiger partial charge on any atom is 0.412 e. The highest BCUT2D eigenvalue weighted by Crippen LogP contribution is 2.56. The van der Waals surface area contributed by atoms with E-state index in [1.54, 1.807) is 0 Å². The Bertz CT molecular complexity index is 403. The molecule has 0 N–H and O–H groups in total. The summed E-state index contributed by atoms with van der Waals surface area (Å²) in [6, 6.07) is 0. The van der Waals surface area contributed by atoms with Gasteiger partial charge in [0.05, 0.1) is 0 Å². The molecule has 0 heterocycles. The third kappa shape index (κ3) is 13.0. The van der Waals surface area contributed by atoms with Gasteiger partial charge in [-0.15, -0.1) is 0 Å². The molecule has 15 heteroatoms. The van der Waals surface area contributed by atoms with Crippen LogP contribution in [-0.2, 0) is 13.6 Å². The summed E-state index contributed by atoms with van der Waals surface area (Å²) < 4.78 is 127. The van der Waals surface area contributed by atoms with Crippen LogP contribution in [0, 0.1) is 0 Å². The van der Waals surface area contributed by atoms with E-state index in [0.717, 1.165) is 0 Å². The molecule has 0 atom stereocenters. The van der Waals surface area contributed by atoms with Crippen LogP contribution in [0.1, 0.15) is 0 Å². The van der Waals surface area contributed by atoms with Crippen molar-refractivity contribution in [2.45, 2.75) is 38.2 Å². The monoisotopic (exact) mass is 415 g/mol. The van der Waals surface area contributed by atoms with Gasteiger partial charge in [0.2, 0.25) is 0 Å². The van der Waals surface area contributed by atoms with Crippen molar-refractivity contribution in [1.29, 1.82) is 0 Å². The van der Waals surface area contributed by atoms with Crippen LogP contribution in [0.4, 0.5) is 39.5 Å². The third-order valence-corrected chi connectivity index (χ3v) is 6.34. The van der Waals surface area contributed by atoms with Crippen molar-refractivity contribution in [3.63, 3.8) is 0 Å². The molecular weight excluding hydrogens is 400 g/mol. The van der Waals surface area contributed by atoms with Crippen LogP contribution < -0.4 is 0 Å². The van der Waals surface area contributed by atoms with Crippen LogP contribution in [0.5, 0.6) is 0 Å². The van der Waals surface area contributed by atoms with Crippen molar-refractivity contribution in [3.8, 4) is 0 Å². The van der Waals surface area contributed by atoms with Crippen molar-refractivity contribution in [2.24, 2.45) is 4.41 Å². The minimum absolute atomic E-state index is 1.35. The average Bonchev–Trinajstić information content (AvgIpc) is 2.26. The highest BCUT2D eigenvalue weighted by atomic mass is 31.2. The zero-order valence-electron chi connectivity index (χ0n) is 12.6. The first-order valence-corrected chi connectivity index (χ1v) is 11.0. The van der Waals surface area contributed by atoms with Gasteiger partial charge in [0.25, 0.3) is 0 Å². The van der Waals surface area contributed by atoms with E-state index in [1.807, 2.05) is 0 Å². The fourth-order valence-electron chi connectivity index (χ4n) is 1.03. The van der Waals surface area contributed by atoms with E-state index in [4.69, 9.17) is 0 Å². The molecule has 0 unspecified atom stereocenters. The molecule has 0 saturated carbocycles. The molecule has 0 radical (unpaired) electrons. The summed E-state index contributed by atoms with van der Waals surface area (Å²) in [6.07, 6.45) is -15.1. The second-order valence-electron chi connectivity index (χ2n) is 5.41. The number of rotatable bonds is 7. The molecule has 0 saturated heterocycles. The molecule has 0 aromatic rings. The SMILES string of the molecule is C[Si](C)(C)N=P(OCC(F)(F)F)(OCC(F)(F)F)OCC(F)(F)F. The average molecular weight is 415 g/mol. The van der Waals surface area contributed by atoms with E-state index in [9.17, 15) is 39.5 Å². The van der Waals surface area contributed by atoms with Crippen molar-refractivity contribution in [1.82, 2.24) is 0 Å². The summed E-state index contributed by atoms with van der Waals surface area (Å²) in [6.45, 7) is -2.43. The van der Waals surface area contributed by atoms with Crippen molar-refractivity contribution in [3.05, 3.63) is 0 Å². The fourth-order valence-corrected chi connectivity index (χ4v) is 5.81. The Labute approximate surface area is 132 Å². The van der Waals surface area contributed by atoms with Gasteiger partial charge in [-0.1, -0.05) is 0 Å². The van der Waals surface area contributed by atoms with Gasteiger partial charge in [-0.05, 0) is 19.6 Å². The van der Waals surface area contributed by atoms with Crippen LogP contribution in [0.15, 0.2) is 4.41 Å². The van der Waals surface area contributed by atoms with Crippen LogP contribution in [0.25, 0.3) is 0 Å². The Morgan fingerprint density at radius 3 is 1.08 bits per heavy atom. The molecule has 0 spiro atoms. The van der Waals surface area contributed by atoms with Crippen molar-refractivity contribution < 1.29 is 53.1 Å². The molecule has 4 nitrogen and oxygen atoms in total. The third-order valence-electron chi connectivity index (χ3n) is 1.60. The lowest BCUT2D eigenvalue weighted by atomic mass is 10.7. The Morgan fingerprint density at radius 2 is 0.917 bits per heavy atom. The summed E-state index contributed by atoms with van der Waals surface area (Å²) in [4.78, 5) is 0. The Kier molecular flexibility index (Phi) is 7.83. The lowest BCUT2D eigenvalue weighted by Gasteiger charge is -2.28. The number of hydrogen-bond acceptors (Lipinski definition) is 4. The van der Waals surface area contributed by atoms with Gasteiger partial charge in [0, 0.05) is 0 Å². The maximum atomic E-state index is 12.3. The van der Waals surface area contributed by atoms with E-state index in [0.29, 0.717) is 0 Å². The lowest BCUT2D eigenvalue weighted by Crippen LogP contribution is -2.25. The number of nitrogens with zero attached hydrogens (tertiary/aromatic N) is 1. The van der Waals surface area contributed by atoms with Gasteiger partial charge in [0.15, 0.2) is 28.1 Å².